The highest BCUT2D eigenvalue weighted by Gasteiger charge is 2.51. The van der Waals surface area contributed by atoms with E-state index in [9.17, 15) is 0 Å². The van der Waals surface area contributed by atoms with Crippen LogP contribution >= 0.6 is 0 Å². The summed E-state index contributed by atoms with van der Waals surface area (Å²) in [7, 11) is -0.241. The van der Waals surface area contributed by atoms with E-state index >= 15 is 0 Å². The fraction of sp³-hybridized carbons (Fsp3) is 0.500. The third-order valence-corrected chi connectivity index (χ3v) is 4.12. The van der Waals surface area contributed by atoms with Gasteiger partial charge in [0, 0.05) is 0 Å². The minimum atomic E-state index is -0.275. The van der Waals surface area contributed by atoms with Gasteiger partial charge in [-0.3, -0.25) is 0 Å². The van der Waals surface area contributed by atoms with Gasteiger partial charge in [-0.2, -0.15) is 0 Å². The number of rotatable bonds is 3. The summed E-state index contributed by atoms with van der Waals surface area (Å²) in [6.07, 6.45) is 3.09. The molecule has 1 aliphatic heterocycles. The van der Waals surface area contributed by atoms with Gasteiger partial charge in [0.2, 0.25) is 0 Å². The second kappa shape index (κ2) is 5.14. The molecule has 0 spiro atoms. The van der Waals surface area contributed by atoms with E-state index < -0.39 is 0 Å². The summed E-state index contributed by atoms with van der Waals surface area (Å²) < 4.78 is 12.2. The number of allylic oxidation sites excluding steroid dienone is 1. The van der Waals surface area contributed by atoms with Crippen molar-refractivity contribution >= 4 is 13.2 Å². The lowest BCUT2D eigenvalue weighted by molar-refractivity contribution is 0.00578. The highest BCUT2D eigenvalue weighted by molar-refractivity contribution is 6.55. The molecule has 0 N–H and O–H groups in total. The number of benzene rings is 1. The van der Waals surface area contributed by atoms with Gasteiger partial charge >= 0.3 is 7.12 Å². The Hall–Kier alpha value is -1.06. The Kier molecular flexibility index (Phi) is 3.89. The van der Waals surface area contributed by atoms with Crippen molar-refractivity contribution in [2.75, 3.05) is 0 Å². The Labute approximate surface area is 117 Å². The Morgan fingerprint density at radius 1 is 1.05 bits per heavy atom. The molecule has 1 aromatic rings. The quantitative estimate of drug-likeness (QED) is 0.759. The average Bonchev–Trinajstić information content (AvgIpc) is 2.56. The summed E-state index contributed by atoms with van der Waals surface area (Å²) >= 11 is 0. The number of hydrogen-bond acceptors (Lipinski definition) is 2. The first-order valence-electron chi connectivity index (χ1n) is 6.97. The molecule has 0 aromatic heterocycles. The molecule has 102 valence electrons. The van der Waals surface area contributed by atoms with Gasteiger partial charge in [0.25, 0.3) is 0 Å². The van der Waals surface area contributed by atoms with Crippen LogP contribution in [0.15, 0.2) is 35.8 Å². The highest BCUT2D eigenvalue weighted by Crippen LogP contribution is 2.39. The second-order valence-electron chi connectivity index (χ2n) is 6.07. The summed E-state index contributed by atoms with van der Waals surface area (Å²) in [6.45, 7) is 10.5. The summed E-state index contributed by atoms with van der Waals surface area (Å²) in [6, 6.07) is 10.3. The van der Waals surface area contributed by atoms with Crippen LogP contribution in [0, 0.1) is 0 Å². The topological polar surface area (TPSA) is 18.5 Å². The molecule has 0 saturated carbocycles. The van der Waals surface area contributed by atoms with Crippen molar-refractivity contribution in [1.29, 1.82) is 0 Å². The predicted molar refractivity (Wildman–Crippen MR) is 80.8 cm³/mol. The molecule has 1 fully saturated rings. The molecule has 0 bridgehead atoms. The zero-order chi connectivity index (χ0) is 14.1. The molecule has 2 rings (SSSR count). The molecule has 0 aliphatic carbocycles. The van der Waals surface area contributed by atoms with E-state index in [1.165, 1.54) is 11.0 Å². The fourth-order valence-electron chi connectivity index (χ4n) is 2.09. The van der Waals surface area contributed by atoms with Crippen molar-refractivity contribution in [2.45, 2.75) is 52.2 Å². The number of hydrogen-bond donors (Lipinski definition) is 0. The van der Waals surface area contributed by atoms with Crippen molar-refractivity contribution in [2.24, 2.45) is 0 Å². The summed E-state index contributed by atoms with van der Waals surface area (Å²) in [5.41, 5.74) is 1.82. The molecule has 1 aromatic carbocycles. The summed E-state index contributed by atoms with van der Waals surface area (Å²) in [5, 5.41) is 0. The lowest BCUT2D eigenvalue weighted by Gasteiger charge is -2.32. The van der Waals surface area contributed by atoms with E-state index in [0.717, 1.165) is 6.42 Å². The van der Waals surface area contributed by atoms with Crippen LogP contribution in [0.2, 0.25) is 0 Å². The van der Waals surface area contributed by atoms with Gasteiger partial charge in [0.05, 0.1) is 11.2 Å². The molecule has 0 radical (unpaired) electrons. The average molecular weight is 258 g/mol. The molecule has 1 saturated heterocycles. The Bertz CT molecular complexity index is 447. The summed E-state index contributed by atoms with van der Waals surface area (Å²) in [5.74, 6) is 0. The minimum absolute atomic E-state index is 0.241. The summed E-state index contributed by atoms with van der Waals surface area (Å²) in [4.78, 5) is 0. The maximum atomic E-state index is 6.10. The fourth-order valence-corrected chi connectivity index (χ4v) is 2.09. The van der Waals surface area contributed by atoms with Gasteiger partial charge < -0.3 is 9.31 Å². The zero-order valence-electron chi connectivity index (χ0n) is 12.6. The Balaban J connectivity index is 2.23. The van der Waals surface area contributed by atoms with Gasteiger partial charge in [0.15, 0.2) is 0 Å². The molecule has 0 unspecified atom stereocenters. The third-order valence-electron chi connectivity index (χ3n) is 4.12. The second-order valence-corrected chi connectivity index (χ2v) is 6.07. The molecule has 2 nitrogen and oxygen atoms in total. The molecule has 1 aliphatic rings. The third kappa shape index (κ3) is 2.93. The molecular formula is C16H23BO2. The van der Waals surface area contributed by atoms with E-state index in [2.05, 4.69) is 52.8 Å². The largest absolute Gasteiger partial charge is 0.490 e. The van der Waals surface area contributed by atoms with E-state index in [0.29, 0.717) is 0 Å². The predicted octanol–water partition coefficient (Wildman–Crippen LogP) is 4.11. The van der Waals surface area contributed by atoms with Crippen LogP contribution < -0.4 is 0 Å². The van der Waals surface area contributed by atoms with E-state index in [1.54, 1.807) is 0 Å². The minimum Gasteiger partial charge on any atom is -0.400 e. The van der Waals surface area contributed by atoms with E-state index in [1.807, 2.05) is 18.2 Å². The Morgan fingerprint density at radius 3 is 2.05 bits per heavy atom. The monoisotopic (exact) mass is 258 g/mol. The molecule has 3 heteroatoms. The molecule has 19 heavy (non-hydrogen) atoms. The first kappa shape index (κ1) is 14.4. The van der Waals surface area contributed by atoms with Crippen LogP contribution in [0.1, 0.15) is 46.6 Å². The van der Waals surface area contributed by atoms with Gasteiger partial charge in [-0.25, -0.2) is 0 Å². The van der Waals surface area contributed by atoms with E-state index in [-0.39, 0.29) is 18.3 Å². The standard InChI is InChI=1S/C16H23BO2/c1-6-14(12-13-10-8-7-9-11-13)17-18-15(2,3)16(4,5)19-17/h7-12H,6H2,1-5H3/b14-12-. The van der Waals surface area contributed by atoms with Gasteiger partial charge in [-0.1, -0.05) is 43.3 Å². The molecule has 0 atom stereocenters. The molecule has 1 heterocycles. The van der Waals surface area contributed by atoms with Gasteiger partial charge in [-0.05, 0) is 45.2 Å². The lowest BCUT2D eigenvalue weighted by atomic mass is 9.75. The highest BCUT2D eigenvalue weighted by atomic mass is 16.7. The van der Waals surface area contributed by atoms with Crippen LogP contribution in [0.5, 0.6) is 0 Å². The lowest BCUT2D eigenvalue weighted by Crippen LogP contribution is -2.41. The van der Waals surface area contributed by atoms with Crippen molar-refractivity contribution in [3.8, 4) is 0 Å². The van der Waals surface area contributed by atoms with E-state index in [4.69, 9.17) is 9.31 Å². The Morgan fingerprint density at radius 2 is 1.58 bits per heavy atom. The maximum absolute atomic E-state index is 6.10. The first-order chi connectivity index (χ1) is 8.86. The normalized spacial score (nSPS) is 21.7. The first-order valence-corrected chi connectivity index (χ1v) is 6.97. The molecule has 0 amide bonds. The van der Waals surface area contributed by atoms with Crippen LogP contribution in [0.4, 0.5) is 0 Å². The van der Waals surface area contributed by atoms with Crippen LogP contribution in [-0.2, 0) is 9.31 Å². The van der Waals surface area contributed by atoms with Crippen LogP contribution in [0.3, 0.4) is 0 Å². The van der Waals surface area contributed by atoms with Gasteiger partial charge in [0.1, 0.15) is 0 Å². The molecular weight excluding hydrogens is 235 g/mol. The van der Waals surface area contributed by atoms with Crippen molar-refractivity contribution in [3.05, 3.63) is 41.4 Å². The van der Waals surface area contributed by atoms with Crippen LogP contribution in [-0.4, -0.2) is 18.3 Å². The van der Waals surface area contributed by atoms with Crippen molar-refractivity contribution in [3.63, 3.8) is 0 Å². The van der Waals surface area contributed by atoms with Crippen molar-refractivity contribution in [1.82, 2.24) is 0 Å². The van der Waals surface area contributed by atoms with Crippen LogP contribution in [0.25, 0.3) is 6.08 Å². The zero-order valence-corrected chi connectivity index (χ0v) is 12.6. The SMILES string of the molecule is CC/C(=C/c1ccccc1)B1OC(C)(C)C(C)(C)O1. The van der Waals surface area contributed by atoms with Crippen molar-refractivity contribution < 1.29 is 9.31 Å². The van der Waals surface area contributed by atoms with Gasteiger partial charge in [-0.15, -0.1) is 0 Å². The smallest absolute Gasteiger partial charge is 0.400 e. The maximum Gasteiger partial charge on any atom is 0.490 e.